The average Bonchev–Trinajstić information content (AvgIpc) is 2.67. The minimum atomic E-state index is -3.38. The molecule has 1 aromatic heterocycles. The van der Waals surface area contributed by atoms with Crippen LogP contribution in [0.1, 0.15) is 17.7 Å². The zero-order valence-electron chi connectivity index (χ0n) is 11.1. The average molecular weight is 367 g/mol. The van der Waals surface area contributed by atoms with Gasteiger partial charge in [-0.15, -0.1) is 11.3 Å². The van der Waals surface area contributed by atoms with E-state index in [0.29, 0.717) is 17.4 Å². The van der Waals surface area contributed by atoms with E-state index in [1.54, 1.807) is 6.07 Å². The molecule has 0 bridgehead atoms. The number of nitrogens with zero attached hydrogens (tertiary/aromatic N) is 1. The second-order valence-electron chi connectivity index (χ2n) is 5.09. The Labute approximate surface area is 127 Å². The van der Waals surface area contributed by atoms with Gasteiger partial charge in [0.2, 0.25) is 10.0 Å². The number of sulfonamides is 1. The summed E-state index contributed by atoms with van der Waals surface area (Å²) in [5, 5.41) is 0. The summed E-state index contributed by atoms with van der Waals surface area (Å²) in [5.74, 6) is 0.413. The van der Waals surface area contributed by atoms with Gasteiger partial charge in [-0.05, 0) is 61.3 Å². The van der Waals surface area contributed by atoms with E-state index in [4.69, 9.17) is 0 Å². The lowest BCUT2D eigenvalue weighted by Crippen LogP contribution is -2.39. The molecule has 2 rings (SSSR count). The van der Waals surface area contributed by atoms with Crippen molar-refractivity contribution in [2.24, 2.45) is 5.92 Å². The van der Waals surface area contributed by atoms with Crippen LogP contribution in [-0.4, -0.2) is 40.0 Å². The van der Waals surface area contributed by atoms with E-state index in [-0.39, 0.29) is 0 Å². The fourth-order valence-corrected chi connectivity index (χ4v) is 5.97. The lowest BCUT2D eigenvalue weighted by atomic mass is 9.99. The zero-order valence-corrected chi connectivity index (χ0v) is 14.4. The Bertz CT molecular complexity index is 542. The van der Waals surface area contributed by atoms with E-state index in [2.05, 4.69) is 32.6 Å². The largest absolute Gasteiger partial charge is 0.306 e. The Morgan fingerprint density at radius 2 is 2.32 bits per heavy atom. The van der Waals surface area contributed by atoms with Crippen molar-refractivity contribution in [1.29, 1.82) is 0 Å². The fourth-order valence-electron chi connectivity index (χ4n) is 2.44. The zero-order chi connectivity index (χ0) is 14.0. The smallest absolute Gasteiger partial charge is 0.241 e. The molecule has 1 N–H and O–H groups in total. The number of rotatable bonds is 4. The van der Waals surface area contributed by atoms with Gasteiger partial charge in [-0.1, -0.05) is 0 Å². The first-order chi connectivity index (χ1) is 8.88. The Morgan fingerprint density at radius 1 is 1.58 bits per heavy atom. The number of halogens is 1. The number of piperidine rings is 1. The summed E-state index contributed by atoms with van der Waals surface area (Å²) in [6.45, 7) is 4.44. The van der Waals surface area contributed by atoms with Crippen LogP contribution >= 0.6 is 27.3 Å². The van der Waals surface area contributed by atoms with E-state index in [0.717, 1.165) is 34.6 Å². The molecule has 108 valence electrons. The number of hydrogen-bond acceptors (Lipinski definition) is 4. The van der Waals surface area contributed by atoms with Crippen molar-refractivity contribution in [3.63, 3.8) is 0 Å². The van der Waals surface area contributed by atoms with Gasteiger partial charge >= 0.3 is 0 Å². The van der Waals surface area contributed by atoms with Crippen LogP contribution in [0.3, 0.4) is 0 Å². The Hall–Kier alpha value is 0.0500. The van der Waals surface area contributed by atoms with E-state index < -0.39 is 10.0 Å². The first kappa shape index (κ1) is 15.4. The van der Waals surface area contributed by atoms with E-state index >= 15 is 0 Å². The monoisotopic (exact) mass is 366 g/mol. The molecule has 7 heteroatoms. The highest BCUT2D eigenvalue weighted by Gasteiger charge is 2.23. The number of likely N-dealkylation sites (tertiary alicyclic amines) is 1. The molecular weight excluding hydrogens is 348 g/mol. The number of hydrogen-bond donors (Lipinski definition) is 1. The molecule has 0 aromatic carbocycles. The second kappa shape index (κ2) is 6.22. The molecule has 19 heavy (non-hydrogen) atoms. The van der Waals surface area contributed by atoms with E-state index in [1.165, 1.54) is 11.3 Å². The summed E-state index contributed by atoms with van der Waals surface area (Å²) in [7, 11) is -1.29. The summed E-state index contributed by atoms with van der Waals surface area (Å²) < 4.78 is 28.1. The minimum absolute atomic E-state index is 0.397. The Balaban J connectivity index is 2.00. The van der Waals surface area contributed by atoms with Crippen LogP contribution < -0.4 is 4.72 Å². The molecule has 2 heterocycles. The molecule has 0 aliphatic carbocycles. The molecule has 1 unspecified atom stereocenters. The second-order valence-corrected chi connectivity index (χ2v) is 9.46. The molecule has 4 nitrogen and oxygen atoms in total. The molecule has 0 radical (unpaired) electrons. The molecule has 1 fully saturated rings. The van der Waals surface area contributed by atoms with Gasteiger partial charge in [0, 0.05) is 18.0 Å². The van der Waals surface area contributed by atoms with Crippen molar-refractivity contribution < 1.29 is 8.42 Å². The molecule has 1 aromatic rings. The van der Waals surface area contributed by atoms with E-state index in [1.807, 2.05) is 6.92 Å². The van der Waals surface area contributed by atoms with Crippen LogP contribution in [0.5, 0.6) is 0 Å². The molecule has 0 amide bonds. The van der Waals surface area contributed by atoms with Gasteiger partial charge in [0.1, 0.15) is 0 Å². The summed E-state index contributed by atoms with van der Waals surface area (Å²) >= 11 is 4.78. The highest BCUT2D eigenvalue weighted by Crippen LogP contribution is 2.29. The number of thiophene rings is 1. The summed E-state index contributed by atoms with van der Waals surface area (Å²) in [6.07, 6.45) is 2.24. The first-order valence-electron chi connectivity index (χ1n) is 6.32. The Kier molecular flexibility index (Phi) is 5.05. The maximum Gasteiger partial charge on any atom is 0.241 e. The van der Waals surface area contributed by atoms with E-state index in [9.17, 15) is 8.42 Å². The highest BCUT2D eigenvalue weighted by atomic mass is 79.9. The molecule has 0 spiro atoms. The van der Waals surface area contributed by atoms with Crippen molar-refractivity contribution in [1.82, 2.24) is 9.62 Å². The fraction of sp³-hybridized carbons (Fsp3) is 0.667. The van der Waals surface area contributed by atoms with Crippen molar-refractivity contribution in [3.8, 4) is 0 Å². The van der Waals surface area contributed by atoms with Gasteiger partial charge in [0.05, 0.1) is 8.68 Å². The van der Waals surface area contributed by atoms with Gasteiger partial charge < -0.3 is 4.90 Å². The number of aryl methyl sites for hydroxylation is 1. The topological polar surface area (TPSA) is 49.4 Å². The summed E-state index contributed by atoms with van der Waals surface area (Å²) in [6, 6.07) is 1.68. The predicted molar refractivity (Wildman–Crippen MR) is 82.2 cm³/mol. The van der Waals surface area contributed by atoms with Crippen molar-refractivity contribution >= 4 is 37.3 Å². The van der Waals surface area contributed by atoms with Gasteiger partial charge in [0.25, 0.3) is 0 Å². The molecule has 1 saturated heterocycles. The molecule has 1 aliphatic heterocycles. The Morgan fingerprint density at radius 3 is 2.89 bits per heavy atom. The van der Waals surface area contributed by atoms with Gasteiger partial charge in [-0.25, -0.2) is 13.1 Å². The quantitative estimate of drug-likeness (QED) is 0.889. The molecule has 0 saturated carbocycles. The van der Waals surface area contributed by atoms with Gasteiger partial charge in [-0.2, -0.15) is 0 Å². The third kappa shape index (κ3) is 4.01. The maximum absolute atomic E-state index is 12.3. The van der Waals surface area contributed by atoms with Gasteiger partial charge in [-0.3, -0.25) is 0 Å². The third-order valence-electron chi connectivity index (χ3n) is 3.42. The van der Waals surface area contributed by atoms with Crippen molar-refractivity contribution in [2.45, 2.75) is 24.7 Å². The maximum atomic E-state index is 12.3. The van der Waals surface area contributed by atoms with Crippen LogP contribution in [-0.2, 0) is 10.0 Å². The SMILES string of the molecule is Cc1sc(Br)cc1S(=O)(=O)NCC1CCCN(C)C1. The van der Waals surface area contributed by atoms with Crippen molar-refractivity contribution in [2.75, 3.05) is 26.7 Å². The number of nitrogens with one attached hydrogen (secondary N) is 1. The summed E-state index contributed by atoms with van der Waals surface area (Å²) in [4.78, 5) is 3.48. The minimum Gasteiger partial charge on any atom is -0.306 e. The standard InChI is InChI=1S/C12H19BrN2O2S2/c1-9-11(6-12(13)18-9)19(16,17)14-7-10-4-3-5-15(2)8-10/h6,10,14H,3-5,7-8H2,1-2H3. The molecular formula is C12H19BrN2O2S2. The molecule has 1 atom stereocenters. The predicted octanol–water partition coefficient (Wildman–Crippen LogP) is 2.44. The van der Waals surface area contributed by atoms with Crippen LogP contribution in [0.2, 0.25) is 0 Å². The van der Waals surface area contributed by atoms with Gasteiger partial charge in [0.15, 0.2) is 0 Å². The summed E-state index contributed by atoms with van der Waals surface area (Å²) in [5.41, 5.74) is 0. The van der Waals surface area contributed by atoms with Crippen molar-refractivity contribution in [3.05, 3.63) is 14.7 Å². The van der Waals surface area contributed by atoms with Crippen LogP contribution in [0, 0.1) is 12.8 Å². The van der Waals surface area contributed by atoms with Crippen LogP contribution in [0.25, 0.3) is 0 Å². The van der Waals surface area contributed by atoms with Crippen LogP contribution in [0.15, 0.2) is 14.7 Å². The first-order valence-corrected chi connectivity index (χ1v) is 9.42. The van der Waals surface area contributed by atoms with Crippen LogP contribution in [0.4, 0.5) is 0 Å². The lowest BCUT2D eigenvalue weighted by Gasteiger charge is -2.29. The molecule has 1 aliphatic rings. The lowest BCUT2D eigenvalue weighted by molar-refractivity contribution is 0.211. The normalized spacial score (nSPS) is 21.7. The third-order valence-corrected chi connectivity index (χ3v) is 6.65. The highest BCUT2D eigenvalue weighted by molar-refractivity contribution is 9.11.